The van der Waals surface area contributed by atoms with Crippen LogP contribution in [-0.2, 0) is 4.79 Å². The summed E-state index contributed by atoms with van der Waals surface area (Å²) in [5.74, 6) is 5.64. The minimum absolute atomic E-state index is 0. The number of carbonyl (C=O) groups excluding carboxylic acids is 1. The minimum atomic E-state index is -0.224. The molecule has 1 atom stereocenters. The minimum Gasteiger partial charge on any atom is -0.272 e. The van der Waals surface area contributed by atoms with Crippen molar-refractivity contribution in [3.63, 3.8) is 0 Å². The van der Waals surface area contributed by atoms with Crippen LogP contribution in [-0.4, -0.2) is 5.91 Å². The predicted octanol–water partition coefficient (Wildman–Crippen LogP) is 3.10. The van der Waals surface area contributed by atoms with Gasteiger partial charge in [-0.2, -0.15) is 0 Å². The van der Waals surface area contributed by atoms with Crippen molar-refractivity contribution in [1.82, 2.24) is 0 Å². The van der Waals surface area contributed by atoms with E-state index in [4.69, 9.17) is 5.84 Å². The van der Waals surface area contributed by atoms with E-state index in [0.717, 1.165) is 22.4 Å². The van der Waals surface area contributed by atoms with Gasteiger partial charge in [0.1, 0.15) is 0 Å². The Morgan fingerprint density at radius 3 is 2.32 bits per heavy atom. The van der Waals surface area contributed by atoms with E-state index in [1.165, 1.54) is 5.01 Å². The maximum Gasteiger partial charge on any atom is 0.248 e. The molecule has 1 aliphatic rings. The Morgan fingerprint density at radius 2 is 1.58 bits per heavy atom. The van der Waals surface area contributed by atoms with Crippen LogP contribution in [0.15, 0.2) is 48.5 Å². The zero-order valence-electron chi connectivity index (χ0n) is 10.5. The average molecular weight is 275 g/mol. The van der Waals surface area contributed by atoms with E-state index in [9.17, 15) is 4.79 Å². The molecule has 1 aliphatic heterocycles. The summed E-state index contributed by atoms with van der Waals surface area (Å²) in [5, 5.41) is 1.26. The molecule has 1 amide bonds. The summed E-state index contributed by atoms with van der Waals surface area (Å²) in [5.41, 5.74) is 3.89. The van der Waals surface area contributed by atoms with Crippen LogP contribution in [0.25, 0.3) is 11.1 Å². The van der Waals surface area contributed by atoms with E-state index in [1.807, 2.05) is 55.5 Å². The van der Waals surface area contributed by atoms with E-state index >= 15 is 0 Å². The fourth-order valence-corrected chi connectivity index (χ4v) is 2.49. The molecule has 0 fully saturated rings. The molecule has 0 aliphatic carbocycles. The van der Waals surface area contributed by atoms with Crippen LogP contribution in [0, 0.1) is 0 Å². The highest BCUT2D eigenvalue weighted by molar-refractivity contribution is 6.04. The molecule has 1 unspecified atom stereocenters. The predicted molar refractivity (Wildman–Crippen MR) is 79.2 cm³/mol. The van der Waals surface area contributed by atoms with Crippen LogP contribution in [0.5, 0.6) is 0 Å². The van der Waals surface area contributed by atoms with E-state index in [1.54, 1.807) is 0 Å². The van der Waals surface area contributed by atoms with E-state index < -0.39 is 0 Å². The van der Waals surface area contributed by atoms with Gasteiger partial charge in [-0.3, -0.25) is 4.79 Å². The van der Waals surface area contributed by atoms with Gasteiger partial charge in [-0.1, -0.05) is 42.5 Å². The van der Waals surface area contributed by atoms with Gasteiger partial charge in [0.05, 0.1) is 11.6 Å². The van der Waals surface area contributed by atoms with Gasteiger partial charge in [0.25, 0.3) is 0 Å². The lowest BCUT2D eigenvalue weighted by molar-refractivity contribution is -0.119. The van der Waals surface area contributed by atoms with Gasteiger partial charge in [0.15, 0.2) is 0 Å². The molecular formula is C15H15ClN2O. The molecule has 3 rings (SSSR count). The van der Waals surface area contributed by atoms with Crippen LogP contribution in [0.3, 0.4) is 0 Å². The molecular weight excluding hydrogens is 260 g/mol. The fraction of sp³-hybridized carbons (Fsp3) is 0.133. The highest BCUT2D eigenvalue weighted by Crippen LogP contribution is 2.39. The van der Waals surface area contributed by atoms with Crippen molar-refractivity contribution in [2.75, 3.05) is 5.01 Å². The normalized spacial score (nSPS) is 17.1. The third-order valence-electron chi connectivity index (χ3n) is 3.49. The summed E-state index contributed by atoms with van der Waals surface area (Å²) in [6.45, 7) is 1.90. The van der Waals surface area contributed by atoms with Gasteiger partial charge < -0.3 is 0 Å². The number of amides is 1. The number of hydrazine groups is 1. The summed E-state index contributed by atoms with van der Waals surface area (Å²) in [6, 6.07) is 15.7. The molecule has 0 aromatic heterocycles. The Balaban J connectivity index is 0.00000133. The molecule has 2 N–H and O–H groups in total. The monoisotopic (exact) mass is 274 g/mol. The van der Waals surface area contributed by atoms with E-state index in [0.29, 0.717) is 0 Å². The zero-order chi connectivity index (χ0) is 12.7. The number of nitrogens with two attached hydrogens (primary N) is 1. The number of fused-ring (bicyclic) bond motifs is 3. The molecule has 4 heteroatoms. The lowest BCUT2D eigenvalue weighted by Gasteiger charge is -2.18. The summed E-state index contributed by atoms with van der Waals surface area (Å²) in [4.78, 5) is 12.3. The lowest BCUT2D eigenvalue weighted by Crippen LogP contribution is -2.39. The van der Waals surface area contributed by atoms with Gasteiger partial charge in [0, 0.05) is 5.56 Å². The first kappa shape index (κ1) is 13.6. The molecule has 3 nitrogen and oxygen atoms in total. The smallest absolute Gasteiger partial charge is 0.248 e. The number of hydrogen-bond acceptors (Lipinski definition) is 2. The summed E-state index contributed by atoms with van der Waals surface area (Å²) >= 11 is 0. The number of anilines is 1. The van der Waals surface area contributed by atoms with E-state index in [2.05, 4.69) is 0 Å². The highest BCUT2D eigenvalue weighted by atomic mass is 35.5. The quantitative estimate of drug-likeness (QED) is 0.593. The van der Waals surface area contributed by atoms with Gasteiger partial charge in [-0.15, -0.1) is 12.4 Å². The maximum atomic E-state index is 12.3. The van der Waals surface area contributed by atoms with E-state index in [-0.39, 0.29) is 24.2 Å². The second kappa shape index (κ2) is 5.03. The topological polar surface area (TPSA) is 46.3 Å². The van der Waals surface area contributed by atoms with Crippen molar-refractivity contribution in [3.8, 4) is 11.1 Å². The third kappa shape index (κ3) is 2.01. The van der Waals surface area contributed by atoms with Crippen molar-refractivity contribution in [1.29, 1.82) is 0 Å². The largest absolute Gasteiger partial charge is 0.272 e. The maximum absolute atomic E-state index is 12.3. The second-order valence-corrected chi connectivity index (χ2v) is 4.53. The summed E-state index contributed by atoms with van der Waals surface area (Å²) in [6.07, 6.45) is 0. The highest BCUT2D eigenvalue weighted by Gasteiger charge is 2.29. The number of para-hydroxylation sites is 1. The molecule has 19 heavy (non-hydrogen) atoms. The van der Waals surface area contributed by atoms with Gasteiger partial charge >= 0.3 is 0 Å². The lowest BCUT2D eigenvalue weighted by atomic mass is 9.92. The zero-order valence-corrected chi connectivity index (χ0v) is 11.4. The van der Waals surface area contributed by atoms with Gasteiger partial charge in [-0.25, -0.2) is 10.9 Å². The number of hydrogen-bond donors (Lipinski definition) is 1. The Labute approximate surface area is 118 Å². The molecule has 0 spiro atoms. The molecule has 0 saturated carbocycles. The number of nitrogens with zero attached hydrogens (tertiary/aromatic N) is 1. The number of benzene rings is 2. The molecule has 98 valence electrons. The second-order valence-electron chi connectivity index (χ2n) is 4.53. The van der Waals surface area contributed by atoms with Crippen LogP contribution >= 0.6 is 12.4 Å². The Kier molecular flexibility index (Phi) is 3.60. The summed E-state index contributed by atoms with van der Waals surface area (Å²) < 4.78 is 0. The van der Waals surface area contributed by atoms with Crippen molar-refractivity contribution < 1.29 is 4.79 Å². The average Bonchev–Trinajstić information content (AvgIpc) is 2.51. The Hall–Kier alpha value is -1.84. The standard InChI is InChI=1S/C15H14N2O.ClH/c1-10-11-6-2-3-7-12(11)13-8-4-5-9-14(13)17(16)15(10)18;/h2-10H,16H2,1H3;1H. The molecule has 0 saturated heterocycles. The Bertz CT molecular complexity index is 574. The van der Waals surface area contributed by atoms with Gasteiger partial charge in [0.2, 0.25) is 5.91 Å². The number of halogens is 1. The van der Waals surface area contributed by atoms with Crippen molar-refractivity contribution in [2.45, 2.75) is 12.8 Å². The number of carbonyl (C=O) groups is 1. The number of rotatable bonds is 0. The SMILES string of the molecule is CC1C(=O)N(N)c2ccccc2-c2ccccc21.Cl. The van der Waals surface area contributed by atoms with Crippen LogP contribution in [0.1, 0.15) is 18.4 Å². The molecule has 1 heterocycles. The molecule has 2 aromatic rings. The van der Waals surface area contributed by atoms with Crippen molar-refractivity contribution >= 4 is 24.0 Å². The van der Waals surface area contributed by atoms with Crippen LogP contribution in [0.2, 0.25) is 0 Å². The molecule has 0 bridgehead atoms. The first-order valence-corrected chi connectivity index (χ1v) is 5.97. The Morgan fingerprint density at radius 1 is 1.00 bits per heavy atom. The van der Waals surface area contributed by atoms with Crippen LogP contribution < -0.4 is 10.9 Å². The van der Waals surface area contributed by atoms with Crippen molar-refractivity contribution in [3.05, 3.63) is 54.1 Å². The van der Waals surface area contributed by atoms with Crippen LogP contribution in [0.4, 0.5) is 5.69 Å². The first-order valence-electron chi connectivity index (χ1n) is 5.97. The summed E-state index contributed by atoms with van der Waals surface area (Å²) in [7, 11) is 0. The van der Waals surface area contributed by atoms with Gasteiger partial charge in [-0.05, 0) is 24.1 Å². The molecule has 0 radical (unpaired) electrons. The molecule has 2 aromatic carbocycles. The third-order valence-corrected chi connectivity index (χ3v) is 3.49. The first-order chi connectivity index (χ1) is 8.70. The van der Waals surface area contributed by atoms with Crippen molar-refractivity contribution in [2.24, 2.45) is 5.84 Å². The fourth-order valence-electron chi connectivity index (χ4n) is 2.49.